The highest BCUT2D eigenvalue weighted by Gasteiger charge is 2.37. The fourth-order valence-electron chi connectivity index (χ4n) is 4.53. The highest BCUT2D eigenvalue weighted by atomic mass is 16.5. The molecule has 0 spiro atoms. The van der Waals surface area contributed by atoms with Gasteiger partial charge in [-0.2, -0.15) is 0 Å². The van der Waals surface area contributed by atoms with Crippen LogP contribution in [0.1, 0.15) is 42.6 Å². The molecule has 0 radical (unpaired) electrons. The molecule has 4 rings (SSSR count). The van der Waals surface area contributed by atoms with Gasteiger partial charge in [-0.1, -0.05) is 24.3 Å². The van der Waals surface area contributed by atoms with Crippen LogP contribution in [0.3, 0.4) is 0 Å². The zero-order chi connectivity index (χ0) is 19.7. The Kier molecular flexibility index (Phi) is 5.32. The third kappa shape index (κ3) is 3.75. The summed E-state index contributed by atoms with van der Waals surface area (Å²) in [6.07, 6.45) is 2.04. The molecule has 3 atom stereocenters. The van der Waals surface area contributed by atoms with Crippen molar-refractivity contribution in [2.24, 2.45) is 0 Å². The molecule has 0 amide bonds. The Balaban J connectivity index is 1.47. The molecule has 1 fully saturated rings. The first-order chi connectivity index (χ1) is 13.5. The first-order valence-electron chi connectivity index (χ1n) is 10.0. The van der Waals surface area contributed by atoms with Gasteiger partial charge < -0.3 is 19.7 Å². The third-order valence-corrected chi connectivity index (χ3v) is 5.89. The minimum Gasteiger partial charge on any atom is -0.496 e. The van der Waals surface area contributed by atoms with Crippen molar-refractivity contribution >= 4 is 0 Å². The van der Waals surface area contributed by atoms with Gasteiger partial charge in [0.25, 0.3) is 0 Å². The Labute approximate surface area is 166 Å². The zero-order valence-corrected chi connectivity index (χ0v) is 16.6. The monoisotopic (exact) mass is 383 g/mol. The number of aliphatic hydroxyl groups is 2. The van der Waals surface area contributed by atoms with Crippen molar-refractivity contribution in [3.63, 3.8) is 0 Å². The lowest BCUT2D eigenvalue weighted by Crippen LogP contribution is -2.47. The van der Waals surface area contributed by atoms with Gasteiger partial charge in [0.2, 0.25) is 0 Å². The Morgan fingerprint density at radius 3 is 2.93 bits per heavy atom. The summed E-state index contributed by atoms with van der Waals surface area (Å²) in [6, 6.07) is 13.6. The molecule has 0 aliphatic carbocycles. The van der Waals surface area contributed by atoms with Crippen LogP contribution in [0.15, 0.2) is 42.5 Å². The largest absolute Gasteiger partial charge is 0.496 e. The zero-order valence-electron chi connectivity index (χ0n) is 16.6. The molecular weight excluding hydrogens is 354 g/mol. The van der Waals surface area contributed by atoms with E-state index in [-0.39, 0.29) is 6.10 Å². The molecule has 150 valence electrons. The van der Waals surface area contributed by atoms with E-state index in [1.807, 2.05) is 36.4 Å². The molecule has 2 aromatic carbocycles. The summed E-state index contributed by atoms with van der Waals surface area (Å²) in [5, 5.41) is 22.2. The number of methoxy groups -OCH3 is 1. The number of fused-ring (bicyclic) bond motifs is 1. The van der Waals surface area contributed by atoms with Crippen molar-refractivity contribution in [2.75, 3.05) is 26.7 Å². The summed E-state index contributed by atoms with van der Waals surface area (Å²) >= 11 is 0. The normalized spacial score (nSPS) is 25.8. The summed E-state index contributed by atoms with van der Waals surface area (Å²) in [5.74, 6) is 1.63. The van der Waals surface area contributed by atoms with Crippen molar-refractivity contribution in [3.05, 3.63) is 59.2 Å². The third-order valence-electron chi connectivity index (χ3n) is 5.89. The van der Waals surface area contributed by atoms with Gasteiger partial charge in [-0.15, -0.1) is 0 Å². The second kappa shape index (κ2) is 7.74. The Bertz CT molecular complexity index is 839. The Morgan fingerprint density at radius 1 is 1.29 bits per heavy atom. The van der Waals surface area contributed by atoms with Gasteiger partial charge >= 0.3 is 0 Å². The Morgan fingerprint density at radius 2 is 2.11 bits per heavy atom. The van der Waals surface area contributed by atoms with Crippen molar-refractivity contribution in [1.82, 2.24) is 4.90 Å². The smallest absolute Gasteiger partial charge is 0.124 e. The van der Waals surface area contributed by atoms with Crippen LogP contribution in [-0.4, -0.2) is 48.0 Å². The van der Waals surface area contributed by atoms with E-state index in [1.165, 1.54) is 0 Å². The molecule has 5 heteroatoms. The molecule has 1 saturated heterocycles. The summed E-state index contributed by atoms with van der Waals surface area (Å²) in [5.41, 5.74) is 1.92. The van der Waals surface area contributed by atoms with Crippen LogP contribution in [-0.2, 0) is 12.0 Å². The summed E-state index contributed by atoms with van der Waals surface area (Å²) < 4.78 is 11.2. The second-order valence-corrected chi connectivity index (χ2v) is 8.09. The van der Waals surface area contributed by atoms with E-state index >= 15 is 0 Å². The number of nitrogens with zero attached hydrogens (tertiary/aromatic N) is 1. The van der Waals surface area contributed by atoms with Gasteiger partial charge in [-0.05, 0) is 55.6 Å². The second-order valence-electron chi connectivity index (χ2n) is 8.09. The van der Waals surface area contributed by atoms with Gasteiger partial charge in [-0.3, -0.25) is 4.90 Å². The maximum Gasteiger partial charge on any atom is 0.124 e. The number of aliphatic hydroxyl groups excluding tert-OH is 1. The molecule has 28 heavy (non-hydrogen) atoms. The highest BCUT2D eigenvalue weighted by molar-refractivity contribution is 5.41. The lowest BCUT2D eigenvalue weighted by atomic mass is 9.85. The fraction of sp³-hybridized carbons (Fsp3) is 0.478. The van der Waals surface area contributed by atoms with Crippen molar-refractivity contribution < 1.29 is 19.7 Å². The summed E-state index contributed by atoms with van der Waals surface area (Å²) in [4.78, 5) is 2.15. The minimum atomic E-state index is -0.966. The Hall–Kier alpha value is -2.08. The van der Waals surface area contributed by atoms with Crippen molar-refractivity contribution in [3.8, 4) is 11.5 Å². The number of hydrogen-bond donors (Lipinski definition) is 2. The average molecular weight is 383 g/mol. The van der Waals surface area contributed by atoms with Gasteiger partial charge in [0, 0.05) is 25.1 Å². The van der Waals surface area contributed by atoms with Gasteiger partial charge in [0.1, 0.15) is 23.2 Å². The molecule has 2 aliphatic heterocycles. The maximum atomic E-state index is 11.3. The highest BCUT2D eigenvalue weighted by Crippen LogP contribution is 2.37. The molecular formula is C23H29NO4. The molecule has 2 N–H and O–H groups in total. The van der Waals surface area contributed by atoms with Crippen LogP contribution in [0.5, 0.6) is 11.5 Å². The molecule has 0 bridgehead atoms. The fourth-order valence-corrected chi connectivity index (χ4v) is 4.53. The lowest BCUT2D eigenvalue weighted by Gasteiger charge is -2.40. The SMILES string of the molecule is COc1ccccc1[C@]1(O)CCCN(C[C@H](O)c2ccc3c(c2)C[C@H](C)O3)C1. The molecule has 0 unspecified atom stereocenters. The molecule has 2 aliphatic rings. The standard InChI is InChI=1S/C23H29NO4/c1-16-12-18-13-17(8-9-21(18)28-16)20(25)14-24-11-5-10-23(26,15-24)19-6-3-4-7-22(19)27-2/h3-4,6-9,13,16,20,25-26H,5,10-12,14-15H2,1-2H3/t16-,20-,23-/m0/s1. The van der Waals surface area contributed by atoms with E-state index in [2.05, 4.69) is 17.9 Å². The van der Waals surface area contributed by atoms with Crippen LogP contribution < -0.4 is 9.47 Å². The number of benzene rings is 2. The maximum absolute atomic E-state index is 11.3. The van der Waals surface area contributed by atoms with E-state index < -0.39 is 11.7 Å². The van der Waals surface area contributed by atoms with E-state index in [0.717, 1.165) is 41.8 Å². The predicted octanol–water partition coefficient (Wildman–Crippen LogP) is 3.04. The molecule has 2 aromatic rings. The quantitative estimate of drug-likeness (QED) is 0.831. The van der Waals surface area contributed by atoms with Gasteiger partial charge in [0.05, 0.1) is 13.2 Å². The van der Waals surface area contributed by atoms with E-state index in [0.29, 0.717) is 25.3 Å². The number of β-amino-alcohol motifs (C(OH)–C–C–N with tert-alkyl or cyclic N) is 2. The lowest BCUT2D eigenvalue weighted by molar-refractivity contribution is -0.0474. The van der Waals surface area contributed by atoms with Crippen LogP contribution in [0.2, 0.25) is 0 Å². The van der Waals surface area contributed by atoms with Gasteiger partial charge in [0.15, 0.2) is 0 Å². The first kappa shape index (κ1) is 19.2. The van der Waals surface area contributed by atoms with Crippen LogP contribution in [0.4, 0.5) is 0 Å². The summed E-state index contributed by atoms with van der Waals surface area (Å²) in [6.45, 7) is 3.89. The molecule has 0 saturated carbocycles. The van der Waals surface area contributed by atoms with Crippen LogP contribution in [0.25, 0.3) is 0 Å². The molecule has 5 nitrogen and oxygen atoms in total. The van der Waals surface area contributed by atoms with Crippen molar-refractivity contribution in [1.29, 1.82) is 0 Å². The van der Waals surface area contributed by atoms with Crippen LogP contribution >= 0.6 is 0 Å². The predicted molar refractivity (Wildman–Crippen MR) is 108 cm³/mol. The first-order valence-corrected chi connectivity index (χ1v) is 10.0. The van der Waals surface area contributed by atoms with E-state index in [9.17, 15) is 10.2 Å². The number of piperidine rings is 1. The number of ether oxygens (including phenoxy) is 2. The van der Waals surface area contributed by atoms with Gasteiger partial charge in [-0.25, -0.2) is 0 Å². The number of para-hydroxylation sites is 1. The van der Waals surface area contributed by atoms with Crippen LogP contribution in [0, 0.1) is 0 Å². The molecule has 2 heterocycles. The van der Waals surface area contributed by atoms with E-state index in [1.54, 1.807) is 7.11 Å². The minimum absolute atomic E-state index is 0.195. The number of likely N-dealkylation sites (tertiary alicyclic amines) is 1. The number of rotatable bonds is 5. The average Bonchev–Trinajstić information content (AvgIpc) is 3.07. The van der Waals surface area contributed by atoms with Crippen molar-refractivity contribution in [2.45, 2.75) is 44.0 Å². The number of hydrogen-bond acceptors (Lipinski definition) is 5. The molecule has 0 aromatic heterocycles. The topological polar surface area (TPSA) is 62.2 Å². The van der Waals surface area contributed by atoms with E-state index in [4.69, 9.17) is 9.47 Å². The summed E-state index contributed by atoms with van der Waals surface area (Å²) in [7, 11) is 1.63.